The highest BCUT2D eigenvalue weighted by atomic mass is 15.0. The number of hydrogen-bond acceptors (Lipinski definition) is 1. The van der Waals surface area contributed by atoms with E-state index < -0.39 is 0 Å². The van der Waals surface area contributed by atoms with Gasteiger partial charge in [0.05, 0.1) is 17.5 Å². The fourth-order valence-corrected chi connectivity index (χ4v) is 2.04. The van der Waals surface area contributed by atoms with Crippen LogP contribution in [0.25, 0.3) is 11.0 Å². The average molecular weight is 238 g/mol. The highest BCUT2D eigenvalue weighted by Crippen LogP contribution is 2.10. The zero-order valence-electron chi connectivity index (χ0n) is 10.4. The second kappa shape index (κ2) is 4.61. The summed E-state index contributed by atoms with van der Waals surface area (Å²) in [5.41, 5.74) is 3.44. The van der Waals surface area contributed by atoms with Crippen LogP contribution in [-0.2, 0) is 13.0 Å². The van der Waals surface area contributed by atoms with Gasteiger partial charge in [-0.2, -0.15) is 0 Å². The lowest BCUT2D eigenvalue weighted by Crippen LogP contribution is -2.33. The maximum absolute atomic E-state index is 4.58. The lowest BCUT2D eigenvalue weighted by molar-refractivity contribution is -0.696. The Kier molecular flexibility index (Phi) is 2.81. The minimum absolute atomic E-state index is 0.919. The van der Waals surface area contributed by atoms with E-state index in [9.17, 15) is 0 Å². The van der Waals surface area contributed by atoms with Crippen LogP contribution < -0.4 is 4.57 Å². The fraction of sp³-hybridized carbons (Fsp3) is 0.200. The third-order valence-corrected chi connectivity index (χ3v) is 3.10. The van der Waals surface area contributed by atoms with Gasteiger partial charge >= 0.3 is 0 Å². The van der Waals surface area contributed by atoms with Crippen LogP contribution in [0.3, 0.4) is 0 Å². The van der Waals surface area contributed by atoms with E-state index in [4.69, 9.17) is 0 Å². The van der Waals surface area contributed by atoms with Crippen LogP contribution in [-0.4, -0.2) is 9.97 Å². The molecule has 1 N–H and O–H groups in total. The van der Waals surface area contributed by atoms with Gasteiger partial charge in [-0.15, -0.1) is 0 Å². The minimum atomic E-state index is 0.919. The van der Waals surface area contributed by atoms with Crippen LogP contribution in [0.5, 0.6) is 0 Å². The lowest BCUT2D eigenvalue weighted by atomic mass is 10.3. The summed E-state index contributed by atoms with van der Waals surface area (Å²) < 4.78 is 2.18. The molecule has 0 aliphatic carbocycles. The predicted octanol–water partition coefficient (Wildman–Crippen LogP) is 2.40. The standard InChI is InChI=1S/C15H16N3/c1-12-6-9-18(10-7-12)11-8-15-16-13-4-2-3-5-14(13)17-15/h2-7,9-10H,8,11H2,1H3,(H,16,17)/q+1. The molecule has 0 atom stereocenters. The second-order valence-electron chi connectivity index (χ2n) is 4.56. The third kappa shape index (κ3) is 2.25. The van der Waals surface area contributed by atoms with Gasteiger partial charge in [0.2, 0.25) is 0 Å². The molecule has 0 fully saturated rings. The number of aromatic nitrogens is 3. The molecule has 2 heterocycles. The maximum Gasteiger partial charge on any atom is 0.169 e. The molecule has 0 amide bonds. The van der Waals surface area contributed by atoms with Crippen molar-refractivity contribution in [2.75, 3.05) is 0 Å². The molecule has 0 radical (unpaired) electrons. The molecule has 0 bridgehead atoms. The minimum Gasteiger partial charge on any atom is -0.342 e. The normalized spacial score (nSPS) is 10.9. The number of nitrogens with one attached hydrogen (secondary N) is 1. The first kappa shape index (κ1) is 11.0. The molecular formula is C15H16N3+. The highest BCUT2D eigenvalue weighted by Gasteiger charge is 2.05. The van der Waals surface area contributed by atoms with E-state index in [-0.39, 0.29) is 0 Å². The Morgan fingerprint density at radius 1 is 1.11 bits per heavy atom. The summed E-state index contributed by atoms with van der Waals surface area (Å²) in [6.45, 7) is 3.05. The summed E-state index contributed by atoms with van der Waals surface area (Å²) in [6, 6.07) is 12.4. The molecule has 3 aromatic rings. The topological polar surface area (TPSA) is 32.6 Å². The van der Waals surface area contributed by atoms with Gasteiger partial charge in [0.15, 0.2) is 18.9 Å². The SMILES string of the molecule is Cc1cc[n+](CCc2nc3ccccc3[nH]2)cc1. The quantitative estimate of drug-likeness (QED) is 0.698. The fourth-order valence-electron chi connectivity index (χ4n) is 2.04. The largest absolute Gasteiger partial charge is 0.342 e. The van der Waals surface area contributed by atoms with Crippen LogP contribution in [0, 0.1) is 6.92 Å². The first-order valence-electron chi connectivity index (χ1n) is 6.20. The summed E-state index contributed by atoms with van der Waals surface area (Å²) >= 11 is 0. The molecule has 1 aromatic carbocycles. The average Bonchev–Trinajstić information content (AvgIpc) is 2.81. The van der Waals surface area contributed by atoms with Crippen molar-refractivity contribution < 1.29 is 4.57 Å². The van der Waals surface area contributed by atoms with Gasteiger partial charge in [0.25, 0.3) is 0 Å². The van der Waals surface area contributed by atoms with Crippen molar-refractivity contribution in [1.82, 2.24) is 9.97 Å². The molecule has 0 saturated heterocycles. The van der Waals surface area contributed by atoms with Crippen LogP contribution in [0.1, 0.15) is 11.4 Å². The zero-order chi connectivity index (χ0) is 12.4. The molecule has 2 aromatic heterocycles. The molecule has 90 valence electrons. The van der Waals surface area contributed by atoms with Gasteiger partial charge in [0, 0.05) is 12.1 Å². The van der Waals surface area contributed by atoms with Crippen molar-refractivity contribution in [2.24, 2.45) is 0 Å². The van der Waals surface area contributed by atoms with Gasteiger partial charge in [0.1, 0.15) is 5.82 Å². The second-order valence-corrected chi connectivity index (χ2v) is 4.56. The number of para-hydroxylation sites is 2. The number of aromatic amines is 1. The molecule has 3 nitrogen and oxygen atoms in total. The number of benzene rings is 1. The Morgan fingerprint density at radius 3 is 2.67 bits per heavy atom. The molecule has 18 heavy (non-hydrogen) atoms. The zero-order valence-corrected chi connectivity index (χ0v) is 10.4. The van der Waals surface area contributed by atoms with Crippen LogP contribution >= 0.6 is 0 Å². The summed E-state index contributed by atoms with van der Waals surface area (Å²) in [4.78, 5) is 7.93. The number of H-pyrrole nitrogens is 1. The highest BCUT2D eigenvalue weighted by molar-refractivity contribution is 5.74. The lowest BCUT2D eigenvalue weighted by Gasteiger charge is -1.95. The van der Waals surface area contributed by atoms with Crippen molar-refractivity contribution in [3.63, 3.8) is 0 Å². The monoisotopic (exact) mass is 238 g/mol. The predicted molar refractivity (Wildman–Crippen MR) is 71.2 cm³/mol. The Labute approximate surface area is 106 Å². The van der Waals surface area contributed by atoms with Crippen LogP contribution in [0.2, 0.25) is 0 Å². The molecule has 3 heteroatoms. The van der Waals surface area contributed by atoms with Crippen LogP contribution in [0.4, 0.5) is 0 Å². The number of pyridine rings is 1. The smallest absolute Gasteiger partial charge is 0.169 e. The Bertz CT molecular complexity index is 620. The molecule has 0 aliphatic heterocycles. The maximum atomic E-state index is 4.58. The Hall–Kier alpha value is -2.16. The number of fused-ring (bicyclic) bond motifs is 1. The molecule has 0 saturated carbocycles. The molecule has 0 spiro atoms. The Balaban J connectivity index is 1.74. The number of aryl methyl sites for hydroxylation is 3. The molecule has 0 aliphatic rings. The van der Waals surface area contributed by atoms with Gasteiger partial charge in [-0.1, -0.05) is 12.1 Å². The molecule has 0 unspecified atom stereocenters. The summed E-state index contributed by atoms with van der Waals surface area (Å²) in [6.07, 6.45) is 5.14. The van der Waals surface area contributed by atoms with E-state index in [1.165, 1.54) is 5.56 Å². The van der Waals surface area contributed by atoms with E-state index in [2.05, 4.69) is 52.1 Å². The van der Waals surface area contributed by atoms with Crippen molar-refractivity contribution in [3.8, 4) is 0 Å². The van der Waals surface area contributed by atoms with Gasteiger partial charge in [-0.25, -0.2) is 9.55 Å². The number of hydrogen-bond donors (Lipinski definition) is 1. The number of nitrogens with zero attached hydrogens (tertiary/aromatic N) is 2. The van der Waals surface area contributed by atoms with E-state index in [0.29, 0.717) is 0 Å². The van der Waals surface area contributed by atoms with Gasteiger partial charge < -0.3 is 4.98 Å². The Morgan fingerprint density at radius 2 is 1.89 bits per heavy atom. The van der Waals surface area contributed by atoms with E-state index in [0.717, 1.165) is 29.8 Å². The van der Waals surface area contributed by atoms with Crippen LogP contribution in [0.15, 0.2) is 48.8 Å². The van der Waals surface area contributed by atoms with Crippen molar-refractivity contribution in [1.29, 1.82) is 0 Å². The third-order valence-electron chi connectivity index (χ3n) is 3.10. The number of rotatable bonds is 3. The van der Waals surface area contributed by atoms with E-state index in [1.54, 1.807) is 0 Å². The molecule has 3 rings (SSSR count). The van der Waals surface area contributed by atoms with E-state index >= 15 is 0 Å². The summed E-state index contributed by atoms with van der Waals surface area (Å²) in [7, 11) is 0. The first-order valence-corrected chi connectivity index (χ1v) is 6.20. The molecular weight excluding hydrogens is 222 g/mol. The number of imidazole rings is 1. The first-order chi connectivity index (χ1) is 8.81. The van der Waals surface area contributed by atoms with Gasteiger partial charge in [-0.05, 0) is 24.6 Å². The summed E-state index contributed by atoms with van der Waals surface area (Å²) in [5, 5.41) is 0. The van der Waals surface area contributed by atoms with E-state index in [1.807, 2.05) is 18.2 Å². The van der Waals surface area contributed by atoms with Gasteiger partial charge in [-0.3, -0.25) is 0 Å². The summed E-state index contributed by atoms with van der Waals surface area (Å²) in [5.74, 6) is 1.05. The van der Waals surface area contributed by atoms with Crippen molar-refractivity contribution in [3.05, 3.63) is 60.2 Å². The van der Waals surface area contributed by atoms with Crippen molar-refractivity contribution in [2.45, 2.75) is 19.9 Å². The van der Waals surface area contributed by atoms with Crippen molar-refractivity contribution >= 4 is 11.0 Å².